The minimum absolute atomic E-state index is 0.0000966. The van der Waals surface area contributed by atoms with Gasteiger partial charge in [0.05, 0.1) is 5.56 Å². The van der Waals surface area contributed by atoms with Gasteiger partial charge in [-0.2, -0.15) is 0 Å². The molecule has 11 aromatic carbocycles. The molecular weight excluding hydrogens is 749 g/mol. The standard InChI is InChI=1S/C57H38O4/c1-33-54(58)56(60)53(57(61)55(33)59)52-47-15-8-7-14-46(47)51(48-29-26-41(32-50(48)52)34-10-3-2-4-11-34)38-24-20-36(21-25-38)35-18-22-37(23-19-35)43-16-9-17-44-45(43)28-27-42-30-39-12-5-6-13-40(39)31-49(42)44/h2-32,58-61H,1H3. The van der Waals surface area contributed by atoms with Gasteiger partial charge in [-0.05, 0) is 123 Å². The number of fused-ring (bicyclic) bond motifs is 6. The largest absolute Gasteiger partial charge is 0.504 e. The monoisotopic (exact) mass is 786 g/mol. The lowest BCUT2D eigenvalue weighted by Gasteiger charge is -2.21. The van der Waals surface area contributed by atoms with Crippen LogP contribution in [0.15, 0.2) is 188 Å². The quantitative estimate of drug-likeness (QED) is 0.0606. The maximum Gasteiger partial charge on any atom is 0.169 e. The summed E-state index contributed by atoms with van der Waals surface area (Å²) >= 11 is 0. The van der Waals surface area contributed by atoms with Crippen LogP contribution in [0.25, 0.3) is 109 Å². The van der Waals surface area contributed by atoms with Crippen molar-refractivity contribution in [1.82, 2.24) is 0 Å². The summed E-state index contributed by atoms with van der Waals surface area (Å²) in [5, 5.41) is 55.5. The van der Waals surface area contributed by atoms with Crippen molar-refractivity contribution in [2.75, 3.05) is 0 Å². The zero-order chi connectivity index (χ0) is 41.4. The second-order valence-corrected chi connectivity index (χ2v) is 15.9. The van der Waals surface area contributed by atoms with Crippen molar-refractivity contribution in [3.05, 3.63) is 194 Å². The van der Waals surface area contributed by atoms with Crippen molar-refractivity contribution in [3.8, 4) is 78.6 Å². The summed E-state index contributed by atoms with van der Waals surface area (Å²) in [6.07, 6.45) is 0. The summed E-state index contributed by atoms with van der Waals surface area (Å²) in [4.78, 5) is 0. The number of hydrogen-bond donors (Lipinski definition) is 4. The normalized spacial score (nSPS) is 11.6. The molecule has 0 radical (unpaired) electrons. The number of phenols is 4. The number of phenolic OH excluding ortho intramolecular Hbond substituents is 4. The highest BCUT2D eigenvalue weighted by molar-refractivity contribution is 6.23. The fraction of sp³-hybridized carbons (Fsp3) is 0.0175. The third-order valence-corrected chi connectivity index (χ3v) is 12.5. The fourth-order valence-corrected chi connectivity index (χ4v) is 9.33. The van der Waals surface area contributed by atoms with E-state index in [1.807, 2.05) is 54.6 Å². The predicted molar refractivity (Wildman–Crippen MR) is 253 cm³/mol. The molecule has 4 heteroatoms. The first-order valence-electron chi connectivity index (χ1n) is 20.4. The van der Waals surface area contributed by atoms with Crippen LogP contribution in [0.1, 0.15) is 5.56 Å². The molecule has 0 heterocycles. The minimum atomic E-state index is -0.491. The molecule has 4 N–H and O–H groups in total. The number of rotatable bonds is 5. The summed E-state index contributed by atoms with van der Waals surface area (Å²) in [5.41, 5.74) is 8.98. The summed E-state index contributed by atoms with van der Waals surface area (Å²) < 4.78 is 0. The van der Waals surface area contributed by atoms with Crippen LogP contribution in [0.2, 0.25) is 0 Å². The van der Waals surface area contributed by atoms with E-state index in [0.717, 1.165) is 60.5 Å². The van der Waals surface area contributed by atoms with Crippen LogP contribution < -0.4 is 0 Å². The highest BCUT2D eigenvalue weighted by atomic mass is 16.3. The average Bonchev–Trinajstić information content (AvgIpc) is 3.32. The summed E-state index contributed by atoms with van der Waals surface area (Å²) in [6, 6.07) is 65.7. The molecule has 11 aromatic rings. The van der Waals surface area contributed by atoms with E-state index >= 15 is 0 Å². The molecule has 0 aliphatic heterocycles. The van der Waals surface area contributed by atoms with Crippen LogP contribution in [-0.2, 0) is 0 Å². The molecule has 0 saturated heterocycles. The SMILES string of the molecule is Cc1c(O)c(O)c(-c2c3ccccc3c(-c3ccc(-c4ccc(-c5cccc6c5ccc5cc7ccccc7cc56)cc4)cc3)c3ccc(-c4ccccc4)cc23)c(O)c1O. The van der Waals surface area contributed by atoms with Crippen molar-refractivity contribution < 1.29 is 20.4 Å². The van der Waals surface area contributed by atoms with E-state index in [1.165, 1.54) is 44.8 Å². The van der Waals surface area contributed by atoms with Gasteiger partial charge in [0.2, 0.25) is 0 Å². The van der Waals surface area contributed by atoms with Gasteiger partial charge in [-0.25, -0.2) is 0 Å². The van der Waals surface area contributed by atoms with Gasteiger partial charge >= 0.3 is 0 Å². The molecule has 4 nitrogen and oxygen atoms in total. The molecule has 0 aromatic heterocycles. The van der Waals surface area contributed by atoms with Crippen molar-refractivity contribution >= 4 is 53.9 Å². The van der Waals surface area contributed by atoms with E-state index in [4.69, 9.17) is 0 Å². The molecule has 0 spiro atoms. The van der Waals surface area contributed by atoms with E-state index in [9.17, 15) is 20.4 Å². The minimum Gasteiger partial charge on any atom is -0.504 e. The van der Waals surface area contributed by atoms with Crippen LogP contribution >= 0.6 is 0 Å². The van der Waals surface area contributed by atoms with Crippen molar-refractivity contribution in [2.24, 2.45) is 0 Å². The summed E-state index contributed by atoms with van der Waals surface area (Å²) in [7, 11) is 0. The van der Waals surface area contributed by atoms with Crippen LogP contribution in [0.4, 0.5) is 0 Å². The highest BCUT2D eigenvalue weighted by Gasteiger charge is 2.27. The second kappa shape index (κ2) is 14.0. The fourth-order valence-electron chi connectivity index (χ4n) is 9.33. The number of hydrogen-bond acceptors (Lipinski definition) is 4. The lowest BCUT2D eigenvalue weighted by atomic mass is 9.83. The smallest absolute Gasteiger partial charge is 0.169 e. The van der Waals surface area contributed by atoms with E-state index in [1.54, 1.807) is 0 Å². The Morgan fingerprint density at radius 2 is 0.770 bits per heavy atom. The molecule has 11 rings (SSSR count). The molecule has 0 bridgehead atoms. The van der Waals surface area contributed by atoms with E-state index in [2.05, 4.69) is 133 Å². The predicted octanol–water partition coefficient (Wildman–Crippen LogP) is 14.9. The molecule has 61 heavy (non-hydrogen) atoms. The molecule has 0 atom stereocenters. The molecule has 0 aliphatic rings. The van der Waals surface area contributed by atoms with Gasteiger partial charge < -0.3 is 20.4 Å². The van der Waals surface area contributed by atoms with Crippen molar-refractivity contribution in [3.63, 3.8) is 0 Å². The van der Waals surface area contributed by atoms with Gasteiger partial charge in [0, 0.05) is 11.1 Å². The highest BCUT2D eigenvalue weighted by Crippen LogP contribution is 2.55. The molecular formula is C57H38O4. The van der Waals surface area contributed by atoms with E-state index in [0.29, 0.717) is 5.56 Å². The Bertz CT molecular complexity index is 3520. The van der Waals surface area contributed by atoms with Crippen molar-refractivity contribution in [1.29, 1.82) is 0 Å². The van der Waals surface area contributed by atoms with Crippen LogP contribution in [0.3, 0.4) is 0 Å². The van der Waals surface area contributed by atoms with Crippen LogP contribution in [-0.4, -0.2) is 20.4 Å². The van der Waals surface area contributed by atoms with Gasteiger partial charge in [0.25, 0.3) is 0 Å². The van der Waals surface area contributed by atoms with Crippen LogP contribution in [0, 0.1) is 6.92 Å². The van der Waals surface area contributed by atoms with E-state index < -0.39 is 23.0 Å². The maximum absolute atomic E-state index is 11.4. The first kappa shape index (κ1) is 36.0. The van der Waals surface area contributed by atoms with Gasteiger partial charge in [-0.3, -0.25) is 0 Å². The molecule has 0 fully saturated rings. The maximum atomic E-state index is 11.4. The van der Waals surface area contributed by atoms with Gasteiger partial charge in [-0.15, -0.1) is 0 Å². The Kier molecular flexibility index (Phi) is 8.29. The Morgan fingerprint density at radius 1 is 0.262 bits per heavy atom. The van der Waals surface area contributed by atoms with Gasteiger partial charge in [0.15, 0.2) is 23.0 Å². The zero-order valence-electron chi connectivity index (χ0n) is 33.2. The lowest BCUT2D eigenvalue weighted by molar-refractivity contribution is 0.371. The third-order valence-electron chi connectivity index (χ3n) is 12.5. The van der Waals surface area contributed by atoms with E-state index in [-0.39, 0.29) is 11.1 Å². The first-order chi connectivity index (χ1) is 29.8. The average molecular weight is 787 g/mol. The Balaban J connectivity index is 1.02. The second-order valence-electron chi connectivity index (χ2n) is 15.9. The third kappa shape index (κ3) is 5.76. The van der Waals surface area contributed by atoms with Crippen molar-refractivity contribution in [2.45, 2.75) is 6.92 Å². The summed E-state index contributed by atoms with van der Waals surface area (Å²) in [6.45, 7) is 1.45. The molecule has 0 unspecified atom stereocenters. The molecule has 290 valence electrons. The molecule has 0 amide bonds. The Morgan fingerprint density at radius 3 is 1.46 bits per heavy atom. The van der Waals surface area contributed by atoms with Gasteiger partial charge in [-0.1, -0.05) is 170 Å². The zero-order valence-corrected chi connectivity index (χ0v) is 33.2. The summed E-state index contributed by atoms with van der Waals surface area (Å²) in [5.74, 6) is -1.94. The van der Waals surface area contributed by atoms with Gasteiger partial charge in [0.1, 0.15) is 0 Å². The molecule has 0 saturated carbocycles. The molecule has 0 aliphatic carbocycles. The topological polar surface area (TPSA) is 80.9 Å². The Hall–Kier alpha value is -8.08. The first-order valence-corrected chi connectivity index (χ1v) is 20.4. The Labute approximate surface area is 352 Å². The lowest BCUT2D eigenvalue weighted by Crippen LogP contribution is -1.94. The van der Waals surface area contributed by atoms with Crippen LogP contribution in [0.5, 0.6) is 23.0 Å². The number of aromatic hydroxyl groups is 4. The number of benzene rings is 11.